The zero-order valence-electron chi connectivity index (χ0n) is 22.1. The van der Waals surface area contributed by atoms with Crippen molar-refractivity contribution >= 4 is 22.8 Å². The number of hydrogen-bond donors (Lipinski definition) is 1. The van der Waals surface area contributed by atoms with Crippen LogP contribution in [0.3, 0.4) is 0 Å². The van der Waals surface area contributed by atoms with E-state index in [-0.39, 0.29) is 37.8 Å². The van der Waals surface area contributed by atoms with Crippen LogP contribution in [-0.4, -0.2) is 51.7 Å². The molecule has 1 saturated heterocycles. The first kappa shape index (κ1) is 29.4. The molecule has 0 spiro atoms. The molecule has 1 fully saturated rings. The maximum Gasteiger partial charge on any atom is 0.418 e. The number of benzene rings is 1. The summed E-state index contributed by atoms with van der Waals surface area (Å²) in [5.74, 6) is 0.163. The summed E-state index contributed by atoms with van der Waals surface area (Å²) in [7, 11) is -1.47. The van der Waals surface area contributed by atoms with Crippen molar-refractivity contribution in [1.29, 1.82) is 0 Å². The van der Waals surface area contributed by atoms with Crippen molar-refractivity contribution in [2.75, 3.05) is 31.1 Å². The van der Waals surface area contributed by atoms with Crippen molar-refractivity contribution in [1.82, 2.24) is 9.62 Å². The van der Waals surface area contributed by atoms with Gasteiger partial charge < -0.3 is 14.5 Å². The second-order valence-corrected chi connectivity index (χ2v) is 13.4. The highest BCUT2D eigenvalue weighted by Gasteiger charge is 2.39. The molecule has 35 heavy (non-hydrogen) atoms. The van der Waals surface area contributed by atoms with Gasteiger partial charge in [-0.15, -0.1) is 0 Å². The van der Waals surface area contributed by atoms with E-state index in [2.05, 4.69) is 4.72 Å². The minimum absolute atomic E-state index is 0.0906. The first-order valence-electron chi connectivity index (χ1n) is 12.0. The van der Waals surface area contributed by atoms with Gasteiger partial charge in [0.2, 0.25) is 0 Å². The molecule has 2 atom stereocenters. The molecule has 1 aliphatic rings. The molecule has 1 heterocycles. The van der Waals surface area contributed by atoms with E-state index in [4.69, 9.17) is 4.74 Å². The standard InChI is InChI=1S/C25H40F3N3O3S/c1-17(2)16-20(29-35(33)24(6,7)8)18-10-9-11-19(25(26,27)28)21(18)30-12-14-31(15-13-30)22(32)34-23(3,4)5/h9-11,17,20,29H,12-16H2,1-8H3/t20-,35-/m1/s1. The Hall–Kier alpha value is -1.81. The summed E-state index contributed by atoms with van der Waals surface area (Å²) in [5.41, 5.74) is -0.814. The minimum atomic E-state index is -4.56. The van der Waals surface area contributed by atoms with E-state index in [9.17, 15) is 22.2 Å². The zero-order valence-corrected chi connectivity index (χ0v) is 22.9. The normalized spacial score (nSPS) is 17.5. The van der Waals surface area contributed by atoms with Crippen molar-refractivity contribution in [3.63, 3.8) is 0 Å². The van der Waals surface area contributed by atoms with Gasteiger partial charge in [-0.1, -0.05) is 26.0 Å². The number of carbonyl (C=O) groups is 1. The van der Waals surface area contributed by atoms with Crippen molar-refractivity contribution in [2.24, 2.45) is 5.92 Å². The first-order chi connectivity index (χ1) is 15.9. The molecule has 200 valence electrons. The van der Waals surface area contributed by atoms with Gasteiger partial charge in [0, 0.05) is 32.2 Å². The lowest BCUT2D eigenvalue weighted by molar-refractivity contribution is -0.137. The number of ether oxygens (including phenoxy) is 1. The maximum atomic E-state index is 14.2. The largest absolute Gasteiger partial charge is 0.444 e. The van der Waals surface area contributed by atoms with Crippen LogP contribution in [0.1, 0.15) is 79.0 Å². The van der Waals surface area contributed by atoms with Crippen LogP contribution >= 0.6 is 0 Å². The Morgan fingerprint density at radius 2 is 1.63 bits per heavy atom. The van der Waals surface area contributed by atoms with Gasteiger partial charge in [0.05, 0.1) is 27.0 Å². The van der Waals surface area contributed by atoms with Gasteiger partial charge in [-0.05, 0) is 65.5 Å². The second kappa shape index (κ2) is 11.1. The lowest BCUT2D eigenvalue weighted by atomic mass is 9.93. The average Bonchev–Trinajstić information content (AvgIpc) is 2.70. The predicted octanol–water partition coefficient (Wildman–Crippen LogP) is 5.90. The number of rotatable bonds is 6. The molecule has 1 N–H and O–H groups in total. The molecule has 0 bridgehead atoms. The van der Waals surface area contributed by atoms with Crippen molar-refractivity contribution in [3.05, 3.63) is 29.3 Å². The molecule has 0 unspecified atom stereocenters. The van der Waals surface area contributed by atoms with E-state index in [1.54, 1.807) is 31.7 Å². The molecule has 1 aromatic carbocycles. The molecule has 6 nitrogen and oxygen atoms in total. The number of para-hydroxylation sites is 1. The lowest BCUT2D eigenvalue weighted by Crippen LogP contribution is -2.50. The Labute approximate surface area is 210 Å². The molecular weight excluding hydrogens is 479 g/mol. The molecular formula is C25H40F3N3O3S. The Kier molecular flexibility index (Phi) is 9.30. The van der Waals surface area contributed by atoms with E-state index in [0.717, 1.165) is 6.07 Å². The molecule has 0 radical (unpaired) electrons. The molecule has 1 aliphatic heterocycles. The summed E-state index contributed by atoms with van der Waals surface area (Å²) in [4.78, 5) is 15.7. The van der Waals surface area contributed by atoms with Gasteiger partial charge in [-0.2, -0.15) is 13.2 Å². The number of nitrogens with one attached hydrogen (secondary N) is 1. The fourth-order valence-corrected chi connectivity index (χ4v) is 4.71. The van der Waals surface area contributed by atoms with E-state index < -0.39 is 45.2 Å². The fraction of sp³-hybridized carbons (Fsp3) is 0.720. The number of nitrogens with zero attached hydrogens (tertiary/aromatic N) is 2. The third kappa shape index (κ3) is 8.37. The van der Waals surface area contributed by atoms with Crippen LogP contribution in [-0.2, 0) is 21.9 Å². The smallest absolute Gasteiger partial charge is 0.418 e. The number of hydrogen-bond acceptors (Lipinski definition) is 4. The molecule has 1 amide bonds. The summed E-state index contributed by atoms with van der Waals surface area (Å²) in [6, 6.07) is 3.65. The van der Waals surface area contributed by atoms with Gasteiger partial charge in [-0.3, -0.25) is 0 Å². The number of piperazine rings is 1. The molecule has 1 aromatic rings. The number of anilines is 1. The number of alkyl halides is 3. The quantitative estimate of drug-likeness (QED) is 0.508. The van der Waals surface area contributed by atoms with Crippen LogP contribution < -0.4 is 9.62 Å². The number of amides is 1. The Bertz CT molecular complexity index is 900. The third-order valence-corrected chi connectivity index (χ3v) is 7.12. The van der Waals surface area contributed by atoms with Crippen LogP contribution in [0.5, 0.6) is 0 Å². The maximum absolute atomic E-state index is 14.2. The number of halogens is 3. The third-order valence-electron chi connectivity index (χ3n) is 5.51. The van der Waals surface area contributed by atoms with Gasteiger partial charge >= 0.3 is 12.3 Å². The van der Waals surface area contributed by atoms with E-state index in [0.29, 0.717) is 12.0 Å². The van der Waals surface area contributed by atoms with Gasteiger partial charge in [0.15, 0.2) is 0 Å². The fourth-order valence-electron chi connectivity index (χ4n) is 3.88. The van der Waals surface area contributed by atoms with E-state index in [1.807, 2.05) is 34.6 Å². The first-order valence-corrected chi connectivity index (χ1v) is 13.2. The monoisotopic (exact) mass is 519 g/mol. The number of carbonyl (C=O) groups excluding carboxylic acids is 1. The summed E-state index contributed by atoms with van der Waals surface area (Å²) in [6.07, 6.45) is -4.51. The highest BCUT2D eigenvalue weighted by Crippen LogP contribution is 2.42. The molecule has 2 rings (SSSR count). The highest BCUT2D eigenvalue weighted by molar-refractivity contribution is 7.84. The van der Waals surface area contributed by atoms with Gasteiger partial charge in [0.1, 0.15) is 5.60 Å². The van der Waals surface area contributed by atoms with Crippen molar-refractivity contribution in [3.8, 4) is 0 Å². The van der Waals surface area contributed by atoms with Crippen molar-refractivity contribution in [2.45, 2.75) is 84.4 Å². The van der Waals surface area contributed by atoms with Gasteiger partial charge in [0.25, 0.3) is 0 Å². The Morgan fingerprint density at radius 3 is 2.09 bits per heavy atom. The Morgan fingerprint density at radius 1 is 1.06 bits per heavy atom. The molecule has 0 aromatic heterocycles. The summed E-state index contributed by atoms with van der Waals surface area (Å²) >= 11 is 0. The predicted molar refractivity (Wildman–Crippen MR) is 135 cm³/mol. The summed E-state index contributed by atoms with van der Waals surface area (Å²) in [6.45, 7) is 15.7. The zero-order chi connectivity index (χ0) is 26.8. The van der Waals surface area contributed by atoms with E-state index in [1.165, 1.54) is 11.0 Å². The van der Waals surface area contributed by atoms with Crippen LogP contribution in [0.2, 0.25) is 0 Å². The topological polar surface area (TPSA) is 61.9 Å². The van der Waals surface area contributed by atoms with Crippen LogP contribution in [0.25, 0.3) is 0 Å². The lowest BCUT2D eigenvalue weighted by Gasteiger charge is -2.39. The highest BCUT2D eigenvalue weighted by atomic mass is 32.2. The Balaban J connectivity index is 2.44. The van der Waals surface area contributed by atoms with Crippen LogP contribution in [0.4, 0.5) is 23.7 Å². The minimum Gasteiger partial charge on any atom is -0.444 e. The SMILES string of the molecule is CC(C)C[C@@H](N[S@](=O)C(C)(C)C)c1cccc(C(F)(F)F)c1N1CCN(C(=O)OC(C)(C)C)CC1. The second-order valence-electron chi connectivity index (χ2n) is 11.4. The van der Waals surface area contributed by atoms with Crippen LogP contribution in [0.15, 0.2) is 18.2 Å². The summed E-state index contributed by atoms with van der Waals surface area (Å²) in [5, 5.41) is 0. The van der Waals surface area contributed by atoms with E-state index >= 15 is 0 Å². The van der Waals surface area contributed by atoms with Crippen molar-refractivity contribution < 1.29 is 26.9 Å². The molecule has 0 aliphatic carbocycles. The van der Waals surface area contributed by atoms with Crippen LogP contribution in [0, 0.1) is 5.92 Å². The summed E-state index contributed by atoms with van der Waals surface area (Å²) < 4.78 is 63.4. The molecule has 10 heteroatoms. The molecule has 0 saturated carbocycles. The average molecular weight is 520 g/mol. The van der Waals surface area contributed by atoms with Gasteiger partial charge in [-0.25, -0.2) is 13.7 Å².